The molecular formula is C9H19NO3. The molecule has 0 bridgehead atoms. The Balaban J connectivity index is 2.28. The quantitative estimate of drug-likeness (QED) is 0.623. The zero-order valence-electron chi connectivity index (χ0n) is 8.31. The van der Waals surface area contributed by atoms with Gasteiger partial charge in [0, 0.05) is 32.8 Å². The van der Waals surface area contributed by atoms with Gasteiger partial charge in [-0.15, -0.1) is 0 Å². The summed E-state index contributed by atoms with van der Waals surface area (Å²) in [5.74, 6) is 0. The number of nitrogens with zero attached hydrogens (tertiary/aromatic N) is 1. The van der Waals surface area contributed by atoms with Crippen molar-refractivity contribution in [3.05, 3.63) is 0 Å². The lowest BCUT2D eigenvalue weighted by molar-refractivity contribution is 0.0572. The largest absolute Gasteiger partial charge is 0.389 e. The first-order valence-electron chi connectivity index (χ1n) is 4.74. The summed E-state index contributed by atoms with van der Waals surface area (Å²) < 4.78 is 4.97. The summed E-state index contributed by atoms with van der Waals surface area (Å²) in [6.07, 6.45) is -0.217. The molecule has 0 aromatic rings. The van der Waals surface area contributed by atoms with Gasteiger partial charge >= 0.3 is 0 Å². The van der Waals surface area contributed by atoms with Gasteiger partial charge in [-0.05, 0) is 13.3 Å². The molecule has 0 aromatic carbocycles. The third kappa shape index (κ3) is 2.91. The van der Waals surface area contributed by atoms with Gasteiger partial charge in [-0.2, -0.15) is 0 Å². The monoisotopic (exact) mass is 189 g/mol. The van der Waals surface area contributed by atoms with Crippen LogP contribution >= 0.6 is 0 Å². The first-order valence-corrected chi connectivity index (χ1v) is 4.74. The topological polar surface area (TPSA) is 52.9 Å². The van der Waals surface area contributed by atoms with E-state index >= 15 is 0 Å². The van der Waals surface area contributed by atoms with E-state index in [1.165, 1.54) is 0 Å². The van der Waals surface area contributed by atoms with Gasteiger partial charge in [-0.1, -0.05) is 0 Å². The Bertz CT molecular complexity index is 144. The lowest BCUT2D eigenvalue weighted by atomic mass is 10.2. The Labute approximate surface area is 79.1 Å². The van der Waals surface area contributed by atoms with E-state index in [1.807, 2.05) is 0 Å². The number of rotatable bonds is 4. The van der Waals surface area contributed by atoms with Crippen LogP contribution in [0, 0.1) is 0 Å². The van der Waals surface area contributed by atoms with E-state index in [1.54, 1.807) is 7.11 Å². The minimum atomic E-state index is -0.579. The number of methoxy groups -OCH3 is 1. The average molecular weight is 189 g/mol. The summed E-state index contributed by atoms with van der Waals surface area (Å²) in [5.41, 5.74) is 0. The highest BCUT2D eigenvalue weighted by atomic mass is 16.5. The van der Waals surface area contributed by atoms with Crippen molar-refractivity contribution in [2.45, 2.75) is 31.6 Å². The van der Waals surface area contributed by atoms with Gasteiger partial charge in [0.1, 0.15) is 0 Å². The summed E-state index contributed by atoms with van der Waals surface area (Å²) >= 11 is 0. The van der Waals surface area contributed by atoms with E-state index in [2.05, 4.69) is 11.8 Å². The molecule has 1 unspecified atom stereocenters. The molecule has 0 radical (unpaired) electrons. The van der Waals surface area contributed by atoms with Crippen molar-refractivity contribution >= 4 is 0 Å². The molecule has 4 heteroatoms. The van der Waals surface area contributed by atoms with E-state index in [0.29, 0.717) is 19.1 Å². The Kier molecular flexibility index (Phi) is 4.12. The second kappa shape index (κ2) is 4.91. The molecule has 0 amide bonds. The third-order valence-corrected chi connectivity index (χ3v) is 2.65. The predicted octanol–water partition coefficient (Wildman–Crippen LogP) is -0.551. The van der Waals surface area contributed by atoms with E-state index in [4.69, 9.17) is 4.74 Å². The molecule has 1 aliphatic rings. The second-order valence-electron chi connectivity index (χ2n) is 3.72. The summed E-state index contributed by atoms with van der Waals surface area (Å²) in [5, 5.41) is 18.6. The molecule has 0 aromatic heterocycles. The molecule has 3 atom stereocenters. The molecule has 2 N–H and O–H groups in total. The Morgan fingerprint density at radius 1 is 1.38 bits per heavy atom. The molecule has 1 rings (SSSR count). The van der Waals surface area contributed by atoms with Crippen LogP contribution in [0.2, 0.25) is 0 Å². The van der Waals surface area contributed by atoms with Gasteiger partial charge in [0.2, 0.25) is 0 Å². The van der Waals surface area contributed by atoms with Crippen LogP contribution in [0.5, 0.6) is 0 Å². The minimum Gasteiger partial charge on any atom is -0.389 e. The fourth-order valence-corrected chi connectivity index (χ4v) is 1.63. The Hall–Kier alpha value is -0.160. The highest BCUT2D eigenvalue weighted by Crippen LogP contribution is 2.14. The molecule has 1 saturated heterocycles. The molecule has 0 saturated carbocycles. The molecule has 1 heterocycles. The third-order valence-electron chi connectivity index (χ3n) is 2.65. The molecule has 0 spiro atoms. The van der Waals surface area contributed by atoms with Gasteiger partial charge in [-0.3, -0.25) is 4.90 Å². The summed E-state index contributed by atoms with van der Waals surface area (Å²) in [6.45, 7) is 3.96. The average Bonchev–Trinajstić information content (AvgIpc) is 2.43. The van der Waals surface area contributed by atoms with Crippen molar-refractivity contribution in [3.8, 4) is 0 Å². The van der Waals surface area contributed by atoms with Crippen LogP contribution in [0.25, 0.3) is 0 Å². The lowest BCUT2D eigenvalue weighted by Crippen LogP contribution is -2.32. The molecular weight excluding hydrogens is 170 g/mol. The fraction of sp³-hybridized carbons (Fsp3) is 1.00. The number of aliphatic hydroxyl groups excluding tert-OH is 2. The normalized spacial score (nSPS) is 32.3. The molecule has 1 aliphatic heterocycles. The Morgan fingerprint density at radius 2 is 1.92 bits per heavy atom. The van der Waals surface area contributed by atoms with Crippen LogP contribution in [0.1, 0.15) is 13.3 Å². The van der Waals surface area contributed by atoms with Crippen molar-refractivity contribution in [1.82, 2.24) is 4.90 Å². The highest BCUT2D eigenvalue weighted by Gasteiger charge is 2.31. The maximum atomic E-state index is 9.32. The van der Waals surface area contributed by atoms with Gasteiger partial charge < -0.3 is 14.9 Å². The zero-order chi connectivity index (χ0) is 9.84. The summed E-state index contributed by atoms with van der Waals surface area (Å²) in [6, 6.07) is 0.367. The maximum Gasteiger partial charge on any atom is 0.0938 e. The standard InChI is InChI=1S/C9H19NO3/c1-7(3-4-13-2)10-5-8(11)9(12)6-10/h7-9,11-12H,3-6H2,1-2H3/t7?,8-,9+. The number of ether oxygens (including phenoxy) is 1. The van der Waals surface area contributed by atoms with Gasteiger partial charge in [0.15, 0.2) is 0 Å². The van der Waals surface area contributed by atoms with Crippen LogP contribution < -0.4 is 0 Å². The van der Waals surface area contributed by atoms with Crippen molar-refractivity contribution in [2.75, 3.05) is 26.8 Å². The first kappa shape index (κ1) is 10.9. The van der Waals surface area contributed by atoms with Gasteiger partial charge in [0.05, 0.1) is 12.2 Å². The van der Waals surface area contributed by atoms with Gasteiger partial charge in [0.25, 0.3) is 0 Å². The lowest BCUT2D eigenvalue weighted by Gasteiger charge is -2.23. The van der Waals surface area contributed by atoms with Crippen LogP contribution in [-0.4, -0.2) is 60.2 Å². The number of hydrogen-bond acceptors (Lipinski definition) is 4. The summed E-state index contributed by atoms with van der Waals surface area (Å²) in [7, 11) is 1.68. The van der Waals surface area contributed by atoms with Crippen LogP contribution in [0.15, 0.2) is 0 Å². The zero-order valence-corrected chi connectivity index (χ0v) is 8.31. The van der Waals surface area contributed by atoms with Crippen LogP contribution in [0.3, 0.4) is 0 Å². The van der Waals surface area contributed by atoms with Crippen molar-refractivity contribution in [1.29, 1.82) is 0 Å². The second-order valence-corrected chi connectivity index (χ2v) is 3.72. The number of β-amino-alcohol motifs (C(OH)–C–C–N with tert-alkyl or cyclic N) is 2. The van der Waals surface area contributed by atoms with E-state index in [0.717, 1.165) is 13.0 Å². The van der Waals surface area contributed by atoms with Crippen LogP contribution in [-0.2, 0) is 4.74 Å². The maximum absolute atomic E-state index is 9.32. The van der Waals surface area contributed by atoms with Crippen molar-refractivity contribution < 1.29 is 14.9 Å². The number of hydrogen-bond donors (Lipinski definition) is 2. The van der Waals surface area contributed by atoms with Gasteiger partial charge in [-0.25, -0.2) is 0 Å². The SMILES string of the molecule is COCCC(C)N1C[C@@H](O)[C@@H](O)C1. The number of likely N-dealkylation sites (tertiary alicyclic amines) is 1. The van der Waals surface area contributed by atoms with E-state index in [9.17, 15) is 10.2 Å². The van der Waals surface area contributed by atoms with E-state index in [-0.39, 0.29) is 0 Å². The summed E-state index contributed by atoms with van der Waals surface area (Å²) in [4.78, 5) is 2.09. The fourth-order valence-electron chi connectivity index (χ4n) is 1.63. The predicted molar refractivity (Wildman–Crippen MR) is 49.5 cm³/mol. The Morgan fingerprint density at radius 3 is 2.38 bits per heavy atom. The highest BCUT2D eigenvalue weighted by molar-refractivity contribution is 4.85. The molecule has 4 nitrogen and oxygen atoms in total. The molecule has 1 fully saturated rings. The van der Waals surface area contributed by atoms with Crippen molar-refractivity contribution in [2.24, 2.45) is 0 Å². The molecule has 0 aliphatic carbocycles. The minimum absolute atomic E-state index is 0.367. The number of aliphatic hydroxyl groups is 2. The smallest absolute Gasteiger partial charge is 0.0938 e. The van der Waals surface area contributed by atoms with E-state index < -0.39 is 12.2 Å². The van der Waals surface area contributed by atoms with Crippen LogP contribution in [0.4, 0.5) is 0 Å². The first-order chi connectivity index (χ1) is 6.15. The van der Waals surface area contributed by atoms with Crippen molar-refractivity contribution in [3.63, 3.8) is 0 Å². The molecule has 13 heavy (non-hydrogen) atoms. The molecule has 78 valence electrons.